The molecule has 0 aliphatic carbocycles. The molecule has 0 spiro atoms. The van der Waals surface area contributed by atoms with Gasteiger partial charge in [0.1, 0.15) is 56.9 Å². The van der Waals surface area contributed by atoms with Gasteiger partial charge in [0.25, 0.3) is 11.4 Å². The number of nitrogens with zero attached hydrogens (tertiary/aromatic N) is 6. The molecule has 20 nitrogen and oxygen atoms in total. The Kier molecular flexibility index (Phi) is 14.3. The first kappa shape index (κ1) is 40.3. The summed E-state index contributed by atoms with van der Waals surface area (Å²) in [5, 5.41) is 94.9. The maximum absolute atomic E-state index is 11.8. The van der Waals surface area contributed by atoms with E-state index in [1.54, 1.807) is 13.8 Å². The number of hydrogen-bond acceptors (Lipinski definition) is 18. The van der Waals surface area contributed by atoms with Gasteiger partial charge in [-0.1, -0.05) is 0 Å². The van der Waals surface area contributed by atoms with Gasteiger partial charge in [0.2, 0.25) is 0 Å². The number of non-ortho nitro benzene ring substituents is 2. The molecule has 269 valence electrons. The summed E-state index contributed by atoms with van der Waals surface area (Å²) in [4.78, 5) is 43.7. The maximum atomic E-state index is 11.8. The SMILES string of the molecule is CCOC(=O)c1c(O)ccc(N=Nc2cc([N+](=O)[O-])ccc2O)c1O.CCOC(=O)c1c(O)ccc(N=Nc2cc([N+](=O)[O-])ccc2O)c1O.[Co]. The number of aromatic hydroxyl groups is 6. The molecule has 4 aromatic carbocycles. The largest absolute Gasteiger partial charge is 0.507 e. The van der Waals surface area contributed by atoms with E-state index in [0.29, 0.717) is 0 Å². The first-order valence-electron chi connectivity index (χ1n) is 13.9. The number of rotatable bonds is 10. The zero-order valence-electron chi connectivity index (χ0n) is 26.2. The Bertz CT molecular complexity index is 1880. The normalized spacial score (nSPS) is 10.5. The van der Waals surface area contributed by atoms with Crippen molar-refractivity contribution >= 4 is 46.1 Å². The van der Waals surface area contributed by atoms with E-state index in [9.17, 15) is 60.5 Å². The van der Waals surface area contributed by atoms with E-state index >= 15 is 0 Å². The second-order valence-corrected chi connectivity index (χ2v) is 9.36. The number of carbonyl (C=O) groups is 2. The fourth-order valence-electron chi connectivity index (χ4n) is 3.74. The number of nitro groups is 2. The van der Waals surface area contributed by atoms with Crippen LogP contribution in [0.4, 0.5) is 34.1 Å². The average molecular weight is 753 g/mol. The zero-order valence-corrected chi connectivity index (χ0v) is 27.2. The van der Waals surface area contributed by atoms with Crippen molar-refractivity contribution in [2.75, 3.05) is 13.2 Å². The Labute approximate surface area is 296 Å². The second kappa shape index (κ2) is 18.0. The van der Waals surface area contributed by atoms with Crippen LogP contribution in [0.15, 0.2) is 81.1 Å². The van der Waals surface area contributed by atoms with Gasteiger partial charge in [0, 0.05) is 41.0 Å². The summed E-state index contributed by atoms with van der Waals surface area (Å²) in [5.74, 6) is -4.99. The maximum Gasteiger partial charge on any atom is 0.345 e. The van der Waals surface area contributed by atoms with Crippen molar-refractivity contribution in [1.29, 1.82) is 0 Å². The molecule has 0 amide bonds. The monoisotopic (exact) mass is 753 g/mol. The summed E-state index contributed by atoms with van der Waals surface area (Å²) in [7, 11) is 0. The molecule has 4 rings (SSSR count). The van der Waals surface area contributed by atoms with Crippen LogP contribution in [0.5, 0.6) is 34.5 Å². The molecule has 0 atom stereocenters. The van der Waals surface area contributed by atoms with Crippen LogP contribution >= 0.6 is 0 Å². The molecule has 0 unspecified atom stereocenters. The van der Waals surface area contributed by atoms with Crippen LogP contribution in [0.1, 0.15) is 34.6 Å². The molecule has 0 heterocycles. The Morgan fingerprint density at radius 1 is 0.569 bits per heavy atom. The van der Waals surface area contributed by atoms with Gasteiger partial charge in [-0.05, 0) is 50.2 Å². The molecule has 51 heavy (non-hydrogen) atoms. The van der Waals surface area contributed by atoms with Crippen LogP contribution in [0, 0.1) is 20.2 Å². The quantitative estimate of drug-likeness (QED) is 0.0430. The van der Waals surface area contributed by atoms with Crippen LogP contribution in [0.25, 0.3) is 0 Å². The van der Waals surface area contributed by atoms with E-state index in [1.807, 2.05) is 0 Å². The number of phenolic OH excluding ortho intramolecular Hbond substituents is 6. The Morgan fingerprint density at radius 3 is 1.20 bits per heavy atom. The number of ether oxygens (including phenoxy) is 2. The molecule has 4 aromatic rings. The second-order valence-electron chi connectivity index (χ2n) is 9.36. The molecule has 0 bridgehead atoms. The third-order valence-corrected chi connectivity index (χ3v) is 6.10. The summed E-state index contributed by atoms with van der Waals surface area (Å²) in [6.45, 7) is 3.18. The van der Waals surface area contributed by atoms with Gasteiger partial charge in [0.05, 0.1) is 23.1 Å². The minimum absolute atomic E-state index is 0. The number of azo groups is 2. The average Bonchev–Trinajstić information content (AvgIpc) is 3.06. The minimum atomic E-state index is -0.951. The van der Waals surface area contributed by atoms with Gasteiger partial charge < -0.3 is 40.1 Å². The molecular formula is C30H26CoN6O14. The molecule has 1 radical (unpaired) electrons. The Balaban J connectivity index is 0.000000347. The first-order valence-corrected chi connectivity index (χ1v) is 13.9. The van der Waals surface area contributed by atoms with E-state index in [2.05, 4.69) is 20.5 Å². The topological polar surface area (TPSA) is 310 Å². The van der Waals surface area contributed by atoms with Crippen molar-refractivity contribution in [3.05, 3.63) is 92.0 Å². The van der Waals surface area contributed by atoms with Crippen LogP contribution in [-0.4, -0.2) is 65.6 Å². The van der Waals surface area contributed by atoms with E-state index < -0.39 is 55.9 Å². The fraction of sp³-hybridized carbons (Fsp3) is 0.133. The van der Waals surface area contributed by atoms with Crippen molar-refractivity contribution < 1.29 is 76.3 Å². The predicted molar refractivity (Wildman–Crippen MR) is 169 cm³/mol. The van der Waals surface area contributed by atoms with Crippen molar-refractivity contribution in [1.82, 2.24) is 0 Å². The smallest absolute Gasteiger partial charge is 0.345 e. The third-order valence-electron chi connectivity index (χ3n) is 6.10. The van der Waals surface area contributed by atoms with E-state index in [-0.39, 0.29) is 75.6 Å². The Morgan fingerprint density at radius 2 is 0.882 bits per heavy atom. The standard InChI is InChI=1S/2C15H13N3O7.Co/c2*1-2-25-15(22)13-12(20)6-4-9(14(13)21)16-17-10-7-8(18(23)24)3-5-11(10)19;/h2*3-7,19-21H,2H2,1H3;. The van der Waals surface area contributed by atoms with E-state index in [0.717, 1.165) is 48.5 Å². The molecule has 0 fully saturated rings. The number of benzene rings is 4. The number of nitro benzene ring substituents is 2. The van der Waals surface area contributed by atoms with Crippen molar-refractivity contribution in [3.63, 3.8) is 0 Å². The van der Waals surface area contributed by atoms with E-state index in [4.69, 9.17) is 9.47 Å². The number of esters is 2. The Hall–Kier alpha value is -6.87. The van der Waals surface area contributed by atoms with E-state index in [1.165, 1.54) is 12.1 Å². The molecule has 0 aromatic heterocycles. The van der Waals surface area contributed by atoms with Crippen molar-refractivity contribution in [2.45, 2.75) is 13.8 Å². The molecule has 0 aliphatic heterocycles. The molecule has 0 aliphatic rings. The molecule has 0 saturated carbocycles. The summed E-state index contributed by atoms with van der Waals surface area (Å²) >= 11 is 0. The fourth-order valence-corrected chi connectivity index (χ4v) is 3.74. The van der Waals surface area contributed by atoms with Crippen molar-refractivity contribution in [3.8, 4) is 34.5 Å². The molecule has 0 saturated heterocycles. The summed E-state index contributed by atoms with van der Waals surface area (Å²) in [5.41, 5.74) is -2.41. The van der Waals surface area contributed by atoms with Gasteiger partial charge in [-0.25, -0.2) is 9.59 Å². The first-order chi connectivity index (χ1) is 23.7. The van der Waals surface area contributed by atoms with Gasteiger partial charge in [0.15, 0.2) is 11.5 Å². The van der Waals surface area contributed by atoms with Gasteiger partial charge >= 0.3 is 11.9 Å². The number of carbonyl (C=O) groups excluding carboxylic acids is 2. The predicted octanol–water partition coefficient (Wildman–Crippen LogP) is 6.60. The van der Waals surface area contributed by atoms with Crippen molar-refractivity contribution in [2.24, 2.45) is 20.5 Å². The minimum Gasteiger partial charge on any atom is -0.507 e. The van der Waals surface area contributed by atoms with Gasteiger partial charge in [-0.3, -0.25) is 20.2 Å². The van der Waals surface area contributed by atoms with Crippen LogP contribution in [-0.2, 0) is 26.3 Å². The number of hydrogen-bond donors (Lipinski definition) is 6. The summed E-state index contributed by atoms with van der Waals surface area (Å²) < 4.78 is 9.44. The van der Waals surface area contributed by atoms with Crippen LogP contribution in [0.2, 0.25) is 0 Å². The molecular weight excluding hydrogens is 727 g/mol. The summed E-state index contributed by atoms with van der Waals surface area (Å²) in [6.07, 6.45) is 0. The molecule has 21 heteroatoms. The number of phenols is 6. The van der Waals surface area contributed by atoms with Crippen LogP contribution in [0.3, 0.4) is 0 Å². The molecule has 6 N–H and O–H groups in total. The third kappa shape index (κ3) is 10.1. The van der Waals surface area contributed by atoms with Gasteiger partial charge in [-0.2, -0.15) is 0 Å². The zero-order chi connectivity index (χ0) is 37.1. The van der Waals surface area contributed by atoms with Gasteiger partial charge in [-0.15, -0.1) is 20.5 Å². The van der Waals surface area contributed by atoms with Crippen LogP contribution < -0.4 is 0 Å². The summed E-state index contributed by atoms with van der Waals surface area (Å²) in [6, 6.07) is 10.9.